The van der Waals surface area contributed by atoms with Crippen LogP contribution in [0.25, 0.3) is 0 Å². The first-order valence-electron chi connectivity index (χ1n) is 4.75. The van der Waals surface area contributed by atoms with Gasteiger partial charge in [0.2, 0.25) is 0 Å². The van der Waals surface area contributed by atoms with Crippen LogP contribution in [0.3, 0.4) is 0 Å². The summed E-state index contributed by atoms with van der Waals surface area (Å²) in [5, 5.41) is 0.339. The van der Waals surface area contributed by atoms with Gasteiger partial charge in [0.25, 0.3) is 0 Å². The van der Waals surface area contributed by atoms with Crippen LogP contribution in [0, 0.1) is 11.8 Å². The maximum absolute atomic E-state index is 5.93. The van der Waals surface area contributed by atoms with Gasteiger partial charge in [-0.15, -0.1) is 11.6 Å². The van der Waals surface area contributed by atoms with Crippen molar-refractivity contribution in [1.29, 1.82) is 0 Å². The van der Waals surface area contributed by atoms with Crippen molar-refractivity contribution in [3.8, 4) is 0 Å². The molecule has 0 aromatic rings. The Labute approximate surface area is 76.3 Å². The maximum atomic E-state index is 5.93. The topological polar surface area (TPSA) is 0 Å². The van der Waals surface area contributed by atoms with Crippen LogP contribution in [-0.2, 0) is 0 Å². The Morgan fingerprint density at radius 2 is 1.55 bits per heavy atom. The van der Waals surface area contributed by atoms with Gasteiger partial charge in [-0.2, -0.15) is 0 Å². The lowest BCUT2D eigenvalue weighted by Gasteiger charge is -2.21. The van der Waals surface area contributed by atoms with Gasteiger partial charge in [-0.25, -0.2) is 0 Å². The van der Waals surface area contributed by atoms with Gasteiger partial charge in [-0.1, -0.05) is 33.6 Å². The van der Waals surface area contributed by atoms with Crippen molar-refractivity contribution in [2.24, 2.45) is 11.8 Å². The third-order valence-electron chi connectivity index (χ3n) is 2.55. The van der Waals surface area contributed by atoms with Crippen LogP contribution in [-0.4, -0.2) is 5.38 Å². The molecule has 0 N–H and O–H groups in total. The highest BCUT2D eigenvalue weighted by molar-refractivity contribution is 6.20. The van der Waals surface area contributed by atoms with E-state index in [1.54, 1.807) is 0 Å². The summed E-state index contributed by atoms with van der Waals surface area (Å²) in [5.41, 5.74) is 0. The van der Waals surface area contributed by atoms with E-state index in [2.05, 4.69) is 27.7 Å². The molecule has 0 saturated carbocycles. The summed E-state index contributed by atoms with van der Waals surface area (Å²) >= 11 is 5.93. The minimum absolute atomic E-state index is 0.339. The van der Waals surface area contributed by atoms with Crippen molar-refractivity contribution in [2.45, 2.75) is 52.3 Å². The molecule has 0 aliphatic heterocycles. The van der Waals surface area contributed by atoms with Gasteiger partial charge in [0.15, 0.2) is 0 Å². The normalized spacial score (nSPS) is 16.9. The van der Waals surface area contributed by atoms with E-state index in [9.17, 15) is 0 Å². The fraction of sp³-hybridized carbons (Fsp3) is 1.00. The molecule has 68 valence electrons. The van der Waals surface area contributed by atoms with E-state index in [1.807, 2.05) is 0 Å². The van der Waals surface area contributed by atoms with Crippen LogP contribution in [0.4, 0.5) is 0 Å². The van der Waals surface area contributed by atoms with Gasteiger partial charge in [-0.05, 0) is 25.2 Å². The second-order valence-electron chi connectivity index (χ2n) is 3.57. The van der Waals surface area contributed by atoms with Gasteiger partial charge in [-0.3, -0.25) is 0 Å². The van der Waals surface area contributed by atoms with E-state index in [0.717, 1.165) is 18.3 Å². The zero-order valence-electron chi connectivity index (χ0n) is 8.23. The van der Waals surface area contributed by atoms with Crippen molar-refractivity contribution < 1.29 is 0 Å². The van der Waals surface area contributed by atoms with Crippen molar-refractivity contribution in [1.82, 2.24) is 0 Å². The molecule has 1 heteroatoms. The van der Waals surface area contributed by atoms with Crippen LogP contribution in [0.15, 0.2) is 0 Å². The highest BCUT2D eigenvalue weighted by atomic mass is 35.5. The average Bonchev–Trinajstić information content (AvgIpc) is 1.88. The molecular formula is C10H21Cl. The molecule has 0 spiro atoms. The summed E-state index contributed by atoms with van der Waals surface area (Å²) in [6, 6.07) is 0. The fourth-order valence-electron chi connectivity index (χ4n) is 1.80. The molecule has 0 bridgehead atoms. The molecule has 2 unspecified atom stereocenters. The number of hydrogen-bond acceptors (Lipinski definition) is 0. The van der Waals surface area contributed by atoms with Gasteiger partial charge < -0.3 is 0 Å². The first kappa shape index (κ1) is 11.3. The molecule has 0 nitrogen and oxygen atoms in total. The van der Waals surface area contributed by atoms with Crippen LogP contribution in [0.5, 0.6) is 0 Å². The molecule has 2 atom stereocenters. The Hall–Kier alpha value is 0.290. The lowest BCUT2D eigenvalue weighted by molar-refractivity contribution is 0.318. The number of alkyl halides is 1. The molecule has 0 rings (SSSR count). The van der Waals surface area contributed by atoms with E-state index in [1.165, 1.54) is 12.8 Å². The molecule has 0 aliphatic carbocycles. The van der Waals surface area contributed by atoms with Crippen LogP contribution in [0.2, 0.25) is 0 Å². The Morgan fingerprint density at radius 1 is 1.09 bits per heavy atom. The van der Waals surface area contributed by atoms with Crippen molar-refractivity contribution in [2.75, 3.05) is 0 Å². The molecule has 0 amide bonds. The molecular weight excluding hydrogens is 156 g/mol. The average molecular weight is 177 g/mol. The van der Waals surface area contributed by atoms with Gasteiger partial charge >= 0.3 is 0 Å². The minimum Gasteiger partial charge on any atom is -0.123 e. The lowest BCUT2D eigenvalue weighted by atomic mass is 9.86. The summed E-state index contributed by atoms with van der Waals surface area (Å²) in [5.74, 6) is 1.66. The van der Waals surface area contributed by atoms with Crippen LogP contribution < -0.4 is 0 Å². The van der Waals surface area contributed by atoms with Crippen molar-refractivity contribution in [3.63, 3.8) is 0 Å². The Kier molecular flexibility index (Phi) is 6.03. The maximum Gasteiger partial charge on any atom is 0.0310 e. The SMILES string of the molecule is CCC(CC)C(C)CC(C)Cl. The minimum atomic E-state index is 0.339. The van der Waals surface area contributed by atoms with E-state index in [-0.39, 0.29) is 0 Å². The molecule has 0 heterocycles. The van der Waals surface area contributed by atoms with Gasteiger partial charge in [0, 0.05) is 5.38 Å². The van der Waals surface area contributed by atoms with Crippen molar-refractivity contribution in [3.05, 3.63) is 0 Å². The van der Waals surface area contributed by atoms with E-state index < -0.39 is 0 Å². The Balaban J connectivity index is 3.68. The zero-order valence-corrected chi connectivity index (χ0v) is 8.99. The number of rotatable bonds is 5. The largest absolute Gasteiger partial charge is 0.123 e. The highest BCUT2D eigenvalue weighted by Crippen LogP contribution is 2.24. The quantitative estimate of drug-likeness (QED) is 0.554. The van der Waals surface area contributed by atoms with Crippen molar-refractivity contribution >= 4 is 11.6 Å². The Bertz CT molecular complexity index is 84.9. The Morgan fingerprint density at radius 3 is 1.82 bits per heavy atom. The molecule has 0 radical (unpaired) electrons. The molecule has 0 aliphatic rings. The first-order valence-corrected chi connectivity index (χ1v) is 5.19. The summed E-state index contributed by atoms with van der Waals surface area (Å²) in [7, 11) is 0. The smallest absolute Gasteiger partial charge is 0.0310 e. The predicted octanol–water partition coefficient (Wildman–Crippen LogP) is 4.08. The zero-order chi connectivity index (χ0) is 8.85. The van der Waals surface area contributed by atoms with Crippen LogP contribution in [0.1, 0.15) is 47.0 Å². The summed E-state index contributed by atoms with van der Waals surface area (Å²) in [4.78, 5) is 0. The predicted molar refractivity (Wildman–Crippen MR) is 53.2 cm³/mol. The van der Waals surface area contributed by atoms with E-state index in [0.29, 0.717) is 5.38 Å². The highest BCUT2D eigenvalue weighted by Gasteiger charge is 2.14. The summed E-state index contributed by atoms with van der Waals surface area (Å²) < 4.78 is 0. The van der Waals surface area contributed by atoms with E-state index >= 15 is 0 Å². The van der Waals surface area contributed by atoms with E-state index in [4.69, 9.17) is 11.6 Å². The molecule has 0 aromatic heterocycles. The molecule has 0 aromatic carbocycles. The van der Waals surface area contributed by atoms with Gasteiger partial charge in [0.05, 0.1) is 0 Å². The summed E-state index contributed by atoms with van der Waals surface area (Å²) in [6.07, 6.45) is 3.75. The molecule has 0 saturated heterocycles. The molecule has 0 fully saturated rings. The van der Waals surface area contributed by atoms with Crippen LogP contribution >= 0.6 is 11.6 Å². The van der Waals surface area contributed by atoms with Gasteiger partial charge in [0.1, 0.15) is 0 Å². The second-order valence-corrected chi connectivity index (χ2v) is 4.32. The monoisotopic (exact) mass is 176 g/mol. The lowest BCUT2D eigenvalue weighted by Crippen LogP contribution is -2.13. The fourth-order valence-corrected chi connectivity index (χ4v) is 2.08. The first-order chi connectivity index (χ1) is 5.11. The standard InChI is InChI=1S/C10H21Cl/c1-5-10(6-2)8(3)7-9(4)11/h8-10H,5-7H2,1-4H3. The number of halogens is 1. The number of hydrogen-bond donors (Lipinski definition) is 0. The molecule has 11 heavy (non-hydrogen) atoms. The second kappa shape index (κ2) is 5.88. The third kappa shape index (κ3) is 4.68. The summed E-state index contributed by atoms with van der Waals surface area (Å²) in [6.45, 7) is 8.93. The third-order valence-corrected chi connectivity index (χ3v) is 2.73.